The number of para-hydroxylation sites is 1. The van der Waals surface area contributed by atoms with Crippen molar-refractivity contribution in [2.75, 3.05) is 20.2 Å². The molecule has 6 nitrogen and oxygen atoms in total. The van der Waals surface area contributed by atoms with E-state index in [0.29, 0.717) is 6.54 Å². The van der Waals surface area contributed by atoms with Gasteiger partial charge in [0.15, 0.2) is 17.3 Å². The van der Waals surface area contributed by atoms with Crippen molar-refractivity contribution >= 4 is 5.91 Å². The molecule has 1 aromatic heterocycles. The molecule has 0 fully saturated rings. The lowest BCUT2D eigenvalue weighted by Crippen LogP contribution is -2.31. The van der Waals surface area contributed by atoms with Crippen LogP contribution >= 0.6 is 0 Å². The number of ether oxygens (including phenoxy) is 1. The highest BCUT2D eigenvalue weighted by Crippen LogP contribution is 2.15. The molecule has 0 spiro atoms. The maximum atomic E-state index is 13.3. The summed E-state index contributed by atoms with van der Waals surface area (Å²) in [6.45, 7) is 0.515. The van der Waals surface area contributed by atoms with Gasteiger partial charge in [0, 0.05) is 7.05 Å². The molecule has 0 saturated carbocycles. The van der Waals surface area contributed by atoms with Crippen LogP contribution in [0.1, 0.15) is 10.5 Å². The second-order valence-electron chi connectivity index (χ2n) is 3.86. The number of hydrogen-bond donors (Lipinski definition) is 1. The van der Waals surface area contributed by atoms with Gasteiger partial charge in [-0.1, -0.05) is 12.1 Å². The Morgan fingerprint density at radius 3 is 2.95 bits per heavy atom. The van der Waals surface area contributed by atoms with Gasteiger partial charge in [-0.15, -0.1) is 0 Å². The molecule has 19 heavy (non-hydrogen) atoms. The molecule has 2 rings (SSSR count). The Morgan fingerprint density at radius 2 is 2.26 bits per heavy atom. The van der Waals surface area contributed by atoms with E-state index in [4.69, 9.17) is 4.74 Å². The lowest BCUT2D eigenvalue weighted by Gasteiger charge is -2.16. The number of aromatic amines is 1. The number of likely N-dealkylation sites (N-methyl/N-ethyl adjacent to an activating group) is 1. The molecule has 7 heteroatoms. The quantitative estimate of drug-likeness (QED) is 0.877. The molecule has 1 amide bonds. The topological polar surface area (TPSA) is 71.1 Å². The molecule has 0 atom stereocenters. The van der Waals surface area contributed by atoms with E-state index in [9.17, 15) is 9.18 Å². The van der Waals surface area contributed by atoms with Crippen molar-refractivity contribution in [2.45, 2.75) is 0 Å². The van der Waals surface area contributed by atoms with E-state index in [1.165, 1.54) is 23.2 Å². The summed E-state index contributed by atoms with van der Waals surface area (Å²) >= 11 is 0. The molecule has 0 unspecified atom stereocenters. The minimum absolute atomic E-state index is 0.171. The Labute approximate surface area is 109 Å². The number of nitrogens with one attached hydrogen (secondary N) is 1. The first-order valence-corrected chi connectivity index (χ1v) is 5.67. The molecule has 100 valence electrons. The van der Waals surface area contributed by atoms with Gasteiger partial charge >= 0.3 is 0 Å². The predicted octanol–water partition coefficient (Wildman–Crippen LogP) is 1.09. The molecule has 1 N–H and O–H groups in total. The number of carbonyl (C=O) groups excluding carboxylic acids is 1. The maximum absolute atomic E-state index is 13.3. The first-order chi connectivity index (χ1) is 9.18. The van der Waals surface area contributed by atoms with Crippen LogP contribution in [0.3, 0.4) is 0 Å². The smallest absolute Gasteiger partial charge is 0.275 e. The third-order valence-corrected chi connectivity index (χ3v) is 2.50. The van der Waals surface area contributed by atoms with Crippen LogP contribution in [0.15, 0.2) is 30.5 Å². The lowest BCUT2D eigenvalue weighted by atomic mass is 10.3. The van der Waals surface area contributed by atoms with Crippen molar-refractivity contribution in [2.24, 2.45) is 0 Å². The number of benzene rings is 1. The predicted molar refractivity (Wildman–Crippen MR) is 65.2 cm³/mol. The van der Waals surface area contributed by atoms with Crippen LogP contribution in [0.2, 0.25) is 0 Å². The van der Waals surface area contributed by atoms with Gasteiger partial charge in [0.2, 0.25) is 0 Å². The summed E-state index contributed by atoms with van der Waals surface area (Å²) < 4.78 is 18.5. The van der Waals surface area contributed by atoms with E-state index in [1.54, 1.807) is 19.2 Å². The highest BCUT2D eigenvalue weighted by Gasteiger charge is 2.14. The molecular weight excluding hydrogens is 251 g/mol. The zero-order valence-electron chi connectivity index (χ0n) is 10.3. The van der Waals surface area contributed by atoms with Gasteiger partial charge in [0.1, 0.15) is 6.61 Å². The summed E-state index contributed by atoms with van der Waals surface area (Å²) in [6.07, 6.45) is 1.34. The van der Waals surface area contributed by atoms with Crippen LogP contribution in [-0.2, 0) is 0 Å². The fraction of sp³-hybridized carbons (Fsp3) is 0.250. The Bertz CT molecular complexity index is 544. The van der Waals surface area contributed by atoms with Gasteiger partial charge in [-0.25, -0.2) is 4.39 Å². The number of hydrogen-bond acceptors (Lipinski definition) is 4. The normalized spacial score (nSPS) is 10.2. The third-order valence-electron chi connectivity index (χ3n) is 2.50. The van der Waals surface area contributed by atoms with Crippen LogP contribution in [0, 0.1) is 5.82 Å². The average molecular weight is 264 g/mol. The van der Waals surface area contributed by atoms with Crippen molar-refractivity contribution < 1.29 is 13.9 Å². The number of aromatic nitrogens is 3. The highest BCUT2D eigenvalue weighted by molar-refractivity contribution is 5.91. The Hall–Kier alpha value is -2.44. The van der Waals surface area contributed by atoms with E-state index in [1.807, 2.05) is 0 Å². The van der Waals surface area contributed by atoms with Crippen LogP contribution in [0.25, 0.3) is 0 Å². The Morgan fingerprint density at radius 1 is 1.47 bits per heavy atom. The minimum Gasteiger partial charge on any atom is -0.489 e. The number of H-pyrrole nitrogens is 1. The number of amides is 1. The SMILES string of the molecule is CN(CCOc1ccccc1F)C(=O)c1cn[nH]n1. The Balaban J connectivity index is 1.83. The monoisotopic (exact) mass is 264 g/mol. The number of carbonyl (C=O) groups is 1. The summed E-state index contributed by atoms with van der Waals surface area (Å²) in [7, 11) is 1.61. The molecule has 2 aromatic rings. The van der Waals surface area contributed by atoms with Crippen molar-refractivity contribution in [3.63, 3.8) is 0 Å². The van der Waals surface area contributed by atoms with Crippen molar-refractivity contribution in [3.05, 3.63) is 42.0 Å². The van der Waals surface area contributed by atoms with Crippen LogP contribution in [0.5, 0.6) is 5.75 Å². The molecular formula is C12H13FN4O2. The van der Waals surface area contributed by atoms with E-state index < -0.39 is 5.82 Å². The first kappa shape index (κ1) is 13.0. The van der Waals surface area contributed by atoms with E-state index in [-0.39, 0.29) is 24.0 Å². The van der Waals surface area contributed by atoms with Crippen molar-refractivity contribution in [1.29, 1.82) is 0 Å². The average Bonchev–Trinajstić information content (AvgIpc) is 2.94. The molecule has 0 aliphatic heterocycles. The summed E-state index contributed by atoms with van der Waals surface area (Å²) in [6, 6.07) is 6.12. The molecule has 0 bridgehead atoms. The van der Waals surface area contributed by atoms with Gasteiger partial charge in [0.05, 0.1) is 12.7 Å². The summed E-state index contributed by atoms with van der Waals surface area (Å²) in [5.41, 5.74) is 0.230. The molecule has 0 aliphatic rings. The Kier molecular flexibility index (Phi) is 4.07. The molecule has 0 radical (unpaired) electrons. The van der Waals surface area contributed by atoms with Gasteiger partial charge < -0.3 is 9.64 Å². The van der Waals surface area contributed by atoms with E-state index >= 15 is 0 Å². The van der Waals surface area contributed by atoms with Crippen molar-refractivity contribution in [1.82, 2.24) is 20.3 Å². The molecule has 0 aliphatic carbocycles. The number of rotatable bonds is 5. The van der Waals surface area contributed by atoms with E-state index in [0.717, 1.165) is 0 Å². The van der Waals surface area contributed by atoms with Gasteiger partial charge in [-0.2, -0.15) is 15.4 Å². The van der Waals surface area contributed by atoms with Gasteiger partial charge in [0.25, 0.3) is 5.91 Å². The van der Waals surface area contributed by atoms with Crippen molar-refractivity contribution in [3.8, 4) is 5.75 Å². The summed E-state index contributed by atoms with van der Waals surface area (Å²) in [4.78, 5) is 13.2. The molecule has 1 heterocycles. The first-order valence-electron chi connectivity index (χ1n) is 5.67. The minimum atomic E-state index is -0.423. The van der Waals surface area contributed by atoms with Gasteiger partial charge in [-0.3, -0.25) is 4.79 Å². The maximum Gasteiger partial charge on any atom is 0.275 e. The summed E-state index contributed by atoms with van der Waals surface area (Å²) in [5, 5.41) is 9.62. The number of halogens is 1. The summed E-state index contributed by atoms with van der Waals surface area (Å²) in [5.74, 6) is -0.524. The van der Waals surface area contributed by atoms with Gasteiger partial charge in [-0.05, 0) is 12.1 Å². The molecule has 1 aromatic carbocycles. The zero-order chi connectivity index (χ0) is 13.7. The van der Waals surface area contributed by atoms with E-state index in [2.05, 4.69) is 15.4 Å². The second kappa shape index (κ2) is 5.94. The van der Waals surface area contributed by atoms with Crippen LogP contribution in [-0.4, -0.2) is 46.4 Å². The third kappa shape index (κ3) is 3.27. The van der Waals surface area contributed by atoms with Crippen LogP contribution in [0.4, 0.5) is 4.39 Å². The zero-order valence-corrected chi connectivity index (χ0v) is 10.3. The number of nitrogens with zero attached hydrogens (tertiary/aromatic N) is 3. The fourth-order valence-corrected chi connectivity index (χ4v) is 1.46. The fourth-order valence-electron chi connectivity index (χ4n) is 1.46. The second-order valence-corrected chi connectivity index (χ2v) is 3.86. The van der Waals surface area contributed by atoms with Crippen LogP contribution < -0.4 is 4.74 Å². The standard InChI is InChI=1S/C12H13FN4O2/c1-17(12(18)10-8-14-16-15-10)6-7-19-11-5-3-2-4-9(11)13/h2-5,8H,6-7H2,1H3,(H,14,15,16). The highest BCUT2D eigenvalue weighted by atomic mass is 19.1. The molecule has 0 saturated heterocycles. The lowest BCUT2D eigenvalue weighted by molar-refractivity contribution is 0.0767. The largest absolute Gasteiger partial charge is 0.489 e.